The fourth-order valence-electron chi connectivity index (χ4n) is 2.69. The summed E-state index contributed by atoms with van der Waals surface area (Å²) in [5.74, 6) is -0.150. The quantitative estimate of drug-likeness (QED) is 0.408. The van der Waals surface area contributed by atoms with E-state index in [4.69, 9.17) is 21.1 Å². The molecule has 152 valence electrons. The Balaban J connectivity index is 1.94. The van der Waals surface area contributed by atoms with E-state index in [0.29, 0.717) is 33.3 Å². The minimum atomic E-state index is -0.452. The van der Waals surface area contributed by atoms with Crippen LogP contribution in [0.15, 0.2) is 47.5 Å². The highest BCUT2D eigenvalue weighted by Gasteiger charge is 2.14. The van der Waals surface area contributed by atoms with E-state index in [1.54, 1.807) is 34.9 Å². The number of para-hydroxylation sites is 1. The van der Waals surface area contributed by atoms with E-state index in [9.17, 15) is 9.59 Å². The van der Waals surface area contributed by atoms with Crippen molar-refractivity contribution in [1.82, 2.24) is 4.57 Å². The normalized spacial score (nSPS) is 11.6. The van der Waals surface area contributed by atoms with Crippen molar-refractivity contribution in [3.63, 3.8) is 0 Å². The molecule has 1 aromatic heterocycles. The van der Waals surface area contributed by atoms with Crippen LogP contribution in [0.1, 0.15) is 30.1 Å². The Morgan fingerprint density at radius 3 is 2.62 bits per heavy atom. The van der Waals surface area contributed by atoms with Crippen LogP contribution in [0.5, 0.6) is 5.75 Å². The van der Waals surface area contributed by atoms with Gasteiger partial charge in [0.1, 0.15) is 12.3 Å². The molecule has 0 aliphatic rings. The van der Waals surface area contributed by atoms with Crippen LogP contribution in [0.25, 0.3) is 10.2 Å². The van der Waals surface area contributed by atoms with Gasteiger partial charge in [0.25, 0.3) is 5.91 Å². The third kappa shape index (κ3) is 5.05. The Hall–Kier alpha value is -2.64. The van der Waals surface area contributed by atoms with Crippen LogP contribution in [-0.4, -0.2) is 30.2 Å². The van der Waals surface area contributed by atoms with Gasteiger partial charge in [-0.15, -0.1) is 0 Å². The SMILES string of the molecule is CCCCOc1ccc(C(=O)N=c2sc3cccc(Cl)c3n2CC(=O)OC)cc1. The molecule has 0 saturated carbocycles. The molecule has 0 aliphatic heterocycles. The van der Waals surface area contributed by atoms with Gasteiger partial charge in [0.2, 0.25) is 0 Å². The number of amides is 1. The molecule has 2 aromatic carbocycles. The van der Waals surface area contributed by atoms with Crippen molar-refractivity contribution < 1.29 is 19.1 Å². The zero-order chi connectivity index (χ0) is 20.8. The summed E-state index contributed by atoms with van der Waals surface area (Å²) in [6.07, 6.45) is 2.03. The molecule has 0 bridgehead atoms. The Morgan fingerprint density at radius 1 is 1.17 bits per heavy atom. The Labute approximate surface area is 177 Å². The minimum Gasteiger partial charge on any atom is -0.494 e. The first kappa shape index (κ1) is 21.1. The maximum absolute atomic E-state index is 12.7. The highest BCUT2D eigenvalue weighted by Crippen LogP contribution is 2.25. The van der Waals surface area contributed by atoms with E-state index in [1.165, 1.54) is 18.4 Å². The number of hydrogen-bond acceptors (Lipinski definition) is 5. The zero-order valence-electron chi connectivity index (χ0n) is 16.2. The van der Waals surface area contributed by atoms with Crippen LogP contribution in [0.3, 0.4) is 0 Å². The molecule has 0 fully saturated rings. The zero-order valence-corrected chi connectivity index (χ0v) is 17.8. The molecule has 1 amide bonds. The minimum absolute atomic E-state index is 0.0868. The van der Waals surface area contributed by atoms with Crippen LogP contribution in [0.4, 0.5) is 0 Å². The van der Waals surface area contributed by atoms with Crippen molar-refractivity contribution in [2.75, 3.05) is 13.7 Å². The topological polar surface area (TPSA) is 69.9 Å². The molecule has 0 aliphatic carbocycles. The maximum Gasteiger partial charge on any atom is 0.325 e. The van der Waals surface area contributed by atoms with Gasteiger partial charge in [-0.25, -0.2) is 0 Å². The summed E-state index contributed by atoms with van der Waals surface area (Å²) < 4.78 is 12.8. The summed E-state index contributed by atoms with van der Waals surface area (Å²) in [5.41, 5.74) is 1.08. The Bertz CT molecular complexity index is 1090. The summed E-state index contributed by atoms with van der Waals surface area (Å²) in [7, 11) is 1.31. The summed E-state index contributed by atoms with van der Waals surface area (Å²) in [4.78, 5) is 29.2. The Morgan fingerprint density at radius 2 is 1.93 bits per heavy atom. The third-order valence-corrected chi connectivity index (χ3v) is 5.58. The average Bonchev–Trinajstić information content (AvgIpc) is 3.06. The fraction of sp³-hybridized carbons (Fsp3) is 0.286. The number of unbranched alkanes of at least 4 members (excludes halogenated alkanes) is 1. The number of ether oxygens (including phenoxy) is 2. The van der Waals surface area contributed by atoms with Gasteiger partial charge in [-0.3, -0.25) is 9.59 Å². The van der Waals surface area contributed by atoms with Crippen molar-refractivity contribution in [2.45, 2.75) is 26.3 Å². The molecule has 29 heavy (non-hydrogen) atoms. The molecule has 0 N–H and O–H groups in total. The smallest absolute Gasteiger partial charge is 0.325 e. The first-order chi connectivity index (χ1) is 14.0. The second kappa shape index (κ2) is 9.71. The van der Waals surface area contributed by atoms with Gasteiger partial charge in [-0.05, 0) is 42.8 Å². The lowest BCUT2D eigenvalue weighted by Crippen LogP contribution is -2.22. The van der Waals surface area contributed by atoms with Crippen LogP contribution in [-0.2, 0) is 16.1 Å². The molecule has 0 saturated heterocycles. The third-order valence-electron chi connectivity index (χ3n) is 4.23. The van der Waals surface area contributed by atoms with Crippen LogP contribution < -0.4 is 9.54 Å². The van der Waals surface area contributed by atoms with Gasteiger partial charge in [-0.1, -0.05) is 42.3 Å². The molecule has 3 aromatic rings. The maximum atomic E-state index is 12.7. The van der Waals surface area contributed by atoms with Gasteiger partial charge in [0, 0.05) is 5.56 Å². The fourth-order valence-corrected chi connectivity index (χ4v) is 4.08. The van der Waals surface area contributed by atoms with Gasteiger partial charge < -0.3 is 14.0 Å². The van der Waals surface area contributed by atoms with E-state index >= 15 is 0 Å². The molecule has 0 radical (unpaired) electrons. The lowest BCUT2D eigenvalue weighted by atomic mass is 10.2. The van der Waals surface area contributed by atoms with E-state index in [-0.39, 0.29) is 6.54 Å². The molecule has 8 heteroatoms. The van der Waals surface area contributed by atoms with Gasteiger partial charge in [0.15, 0.2) is 4.80 Å². The highest BCUT2D eigenvalue weighted by molar-refractivity contribution is 7.16. The van der Waals surface area contributed by atoms with Gasteiger partial charge >= 0.3 is 5.97 Å². The number of carbonyl (C=O) groups excluding carboxylic acids is 2. The number of methoxy groups -OCH3 is 1. The number of benzene rings is 2. The van der Waals surface area contributed by atoms with E-state index in [1.807, 2.05) is 12.1 Å². The predicted octanol–water partition coefficient (Wildman–Crippen LogP) is 4.45. The summed E-state index contributed by atoms with van der Waals surface area (Å²) in [5, 5.41) is 0.477. The van der Waals surface area contributed by atoms with Gasteiger partial charge in [0.05, 0.1) is 29.0 Å². The standard InChI is InChI=1S/C21H21ClN2O4S/c1-3-4-12-28-15-10-8-14(9-11-15)20(26)23-21-24(13-18(25)27-2)19-16(22)6-5-7-17(19)29-21/h5-11H,3-4,12-13H2,1-2H3. The van der Waals surface area contributed by atoms with Gasteiger partial charge in [-0.2, -0.15) is 4.99 Å². The molecule has 0 atom stereocenters. The van der Waals surface area contributed by atoms with E-state index in [2.05, 4.69) is 11.9 Å². The number of thiazole rings is 1. The van der Waals surface area contributed by atoms with Crippen LogP contribution in [0.2, 0.25) is 5.02 Å². The second-order valence-electron chi connectivity index (χ2n) is 6.28. The van der Waals surface area contributed by atoms with Crippen LogP contribution in [0, 0.1) is 0 Å². The van der Waals surface area contributed by atoms with Crippen molar-refractivity contribution in [3.8, 4) is 5.75 Å². The lowest BCUT2D eigenvalue weighted by Gasteiger charge is -2.06. The average molecular weight is 433 g/mol. The number of hydrogen-bond donors (Lipinski definition) is 0. The lowest BCUT2D eigenvalue weighted by molar-refractivity contribution is -0.141. The summed E-state index contributed by atoms with van der Waals surface area (Å²) in [6.45, 7) is 2.65. The first-order valence-corrected chi connectivity index (χ1v) is 10.4. The van der Waals surface area contributed by atoms with Crippen molar-refractivity contribution in [2.24, 2.45) is 4.99 Å². The predicted molar refractivity (Wildman–Crippen MR) is 114 cm³/mol. The molecule has 1 heterocycles. The highest BCUT2D eigenvalue weighted by atomic mass is 35.5. The number of rotatable bonds is 7. The monoisotopic (exact) mass is 432 g/mol. The Kier molecular flexibility index (Phi) is 7.06. The van der Waals surface area contributed by atoms with E-state index in [0.717, 1.165) is 17.5 Å². The summed E-state index contributed by atoms with van der Waals surface area (Å²) in [6, 6.07) is 12.3. The number of halogens is 1. The van der Waals surface area contributed by atoms with Crippen molar-refractivity contribution >= 4 is 45.0 Å². The van der Waals surface area contributed by atoms with Crippen LogP contribution >= 0.6 is 22.9 Å². The number of fused-ring (bicyclic) bond motifs is 1. The molecule has 0 unspecified atom stereocenters. The number of esters is 1. The molecular weight excluding hydrogens is 412 g/mol. The van der Waals surface area contributed by atoms with Crippen molar-refractivity contribution in [1.29, 1.82) is 0 Å². The molecule has 6 nitrogen and oxygen atoms in total. The molecular formula is C21H21ClN2O4S. The number of nitrogens with zero attached hydrogens (tertiary/aromatic N) is 2. The van der Waals surface area contributed by atoms with E-state index < -0.39 is 11.9 Å². The van der Waals surface area contributed by atoms with Crippen molar-refractivity contribution in [3.05, 3.63) is 57.9 Å². The number of aromatic nitrogens is 1. The number of carbonyl (C=O) groups is 2. The first-order valence-electron chi connectivity index (χ1n) is 9.20. The molecule has 3 rings (SSSR count). The largest absolute Gasteiger partial charge is 0.494 e. The summed E-state index contributed by atoms with van der Waals surface area (Å²) >= 11 is 7.61. The second-order valence-corrected chi connectivity index (χ2v) is 7.69. The molecule has 0 spiro atoms.